The number of benzene rings is 8. The normalized spacial score (nSPS) is 16.4. The third kappa shape index (κ3) is 28.0. The van der Waals surface area contributed by atoms with Crippen molar-refractivity contribution >= 4 is 168 Å². The Morgan fingerprint density at radius 1 is 0.382 bits per heavy atom. The molecule has 13 aromatic rings. The minimum Gasteiger partial charge on any atom is -0.477 e. The largest absolute Gasteiger partial charge is 0.477 e. The number of carboxylic acids is 5. The van der Waals surface area contributed by atoms with Gasteiger partial charge in [-0.2, -0.15) is 0 Å². The van der Waals surface area contributed by atoms with E-state index in [2.05, 4.69) is 40.1 Å². The third-order valence-corrected chi connectivity index (χ3v) is 42.7. The summed E-state index contributed by atoms with van der Waals surface area (Å²) in [4.78, 5) is 62.7. The topological polar surface area (TPSA) is 369 Å². The Hall–Kier alpha value is -11.0. The molecule has 0 bridgehead atoms. The van der Waals surface area contributed by atoms with Gasteiger partial charge in [-0.3, -0.25) is 22.8 Å². The first-order valence-corrected chi connectivity index (χ1v) is 58.5. The van der Waals surface area contributed by atoms with Crippen molar-refractivity contribution in [3.63, 3.8) is 0 Å². The number of halogens is 2. The van der Waals surface area contributed by atoms with Gasteiger partial charge in [0.15, 0.2) is 0 Å². The van der Waals surface area contributed by atoms with Gasteiger partial charge in [-0.1, -0.05) is 187 Å². The van der Waals surface area contributed by atoms with Crippen LogP contribution in [-0.2, 0) is 45.4 Å². The van der Waals surface area contributed by atoms with Gasteiger partial charge in [0.1, 0.15) is 36.0 Å². The maximum Gasteiger partial charge on any atom is 0.348 e. The quantitative estimate of drug-likeness (QED) is 0.0105. The number of nitrogens with zero attached hydrogens (tertiary/aromatic N) is 1. The van der Waals surface area contributed by atoms with Crippen molar-refractivity contribution < 1.29 is 104 Å². The number of aromatic carboxylic acids is 5. The highest BCUT2D eigenvalue weighted by atomic mass is 32.1. The average molecular weight is 2150 g/mol. The molecule has 2 aliphatic rings. The molecule has 0 amide bonds. The van der Waals surface area contributed by atoms with Crippen LogP contribution in [0.5, 0.6) is 0 Å². The van der Waals surface area contributed by atoms with E-state index < -0.39 is 79.1 Å². The van der Waals surface area contributed by atoms with Gasteiger partial charge in [0.25, 0.3) is 15.0 Å². The van der Waals surface area contributed by atoms with Crippen molar-refractivity contribution in [2.24, 2.45) is 11.8 Å². The van der Waals surface area contributed by atoms with Gasteiger partial charge in [0, 0.05) is 77.4 Å². The molecule has 8 aromatic carbocycles. The van der Waals surface area contributed by atoms with E-state index in [0.717, 1.165) is 172 Å². The third-order valence-electron chi connectivity index (χ3n) is 24.7. The van der Waals surface area contributed by atoms with E-state index >= 15 is 0 Å². The molecule has 2 aliphatic carbocycles. The first-order chi connectivity index (χ1) is 68.2. The number of terminal acetylenes is 1. The fraction of sp³-hybridized carbons (Fsp3) is 0.299. The molecule has 0 spiro atoms. The molecule has 0 saturated heterocycles. The minimum absolute atomic E-state index is 0.0666. The van der Waals surface area contributed by atoms with Crippen LogP contribution < -0.4 is 40.9 Å². The van der Waals surface area contributed by atoms with Crippen molar-refractivity contribution in [3.05, 3.63) is 292 Å². The van der Waals surface area contributed by atoms with E-state index in [0.29, 0.717) is 61.7 Å². The molecule has 5 heterocycles. The number of thiophene rings is 5. The molecule has 37 heteroatoms. The van der Waals surface area contributed by atoms with Crippen LogP contribution in [-0.4, -0.2) is 109 Å². The number of rotatable bonds is 33. The SMILES string of the molecule is C#CCCCOP(=O)(Nc1cc(-c2ccc(C)cc2)sc1C(=O)O)c1ccc(C)cc1C.COP(=O)(C1CCC(C)CC1)N(C)c1cc(-c2ccc(C)cc2)sc1C(=O)O.COP(=O)(Nc1cc(-c2ccc(C)cc2)sc1C(=O)O)C1CCC(C)CC1.COP(=O)(Nc1cc(-c2ccc(C)cc2F)sc1C(=O)O)c1ccc(C)cc1C.COP(=O)(Nc1cc(-c2ccccc2F)sc1C(=O)O)c1ccc(C)cc1C. The molecule has 762 valence electrons. The van der Waals surface area contributed by atoms with Gasteiger partial charge in [-0.05, 0) is 238 Å². The van der Waals surface area contributed by atoms with Crippen molar-refractivity contribution in [1.82, 2.24) is 0 Å². The molecule has 5 unspecified atom stereocenters. The van der Waals surface area contributed by atoms with Crippen molar-refractivity contribution in [2.75, 3.05) is 67.1 Å². The molecule has 5 atom stereocenters. The lowest BCUT2D eigenvalue weighted by Crippen LogP contribution is -2.27. The summed E-state index contributed by atoms with van der Waals surface area (Å²) in [5.41, 5.74) is 14.1. The Bertz CT molecular complexity index is 7120. The lowest BCUT2D eigenvalue weighted by Gasteiger charge is -2.37. The molecule has 9 N–H and O–H groups in total. The number of aryl methyl sites for hydroxylation is 10. The van der Waals surface area contributed by atoms with E-state index in [-0.39, 0.29) is 70.5 Å². The molecular formula is C107H120F2N5O20P5S5. The number of hydrogen-bond donors (Lipinski definition) is 9. The summed E-state index contributed by atoms with van der Waals surface area (Å²) in [6.45, 7) is 23.7. The van der Waals surface area contributed by atoms with Crippen LogP contribution >= 0.6 is 94.3 Å². The molecule has 5 aromatic heterocycles. The summed E-state index contributed by atoms with van der Waals surface area (Å²) >= 11 is 5.36. The minimum atomic E-state index is -3.62. The summed E-state index contributed by atoms with van der Waals surface area (Å²) in [5, 5.41) is 61.3. The Balaban J connectivity index is 0.000000172. The van der Waals surface area contributed by atoms with Crippen molar-refractivity contribution in [3.8, 4) is 64.5 Å². The van der Waals surface area contributed by atoms with Gasteiger partial charge in [-0.25, -0.2) is 32.8 Å². The molecule has 144 heavy (non-hydrogen) atoms. The highest BCUT2D eigenvalue weighted by Crippen LogP contribution is 2.63. The van der Waals surface area contributed by atoms with E-state index in [1.165, 1.54) is 75.4 Å². The van der Waals surface area contributed by atoms with E-state index in [1.54, 1.807) is 79.3 Å². The zero-order valence-corrected chi connectivity index (χ0v) is 91.6. The molecule has 25 nitrogen and oxygen atoms in total. The van der Waals surface area contributed by atoms with Crippen LogP contribution in [0.4, 0.5) is 37.2 Å². The Morgan fingerprint density at radius 2 is 0.708 bits per heavy atom. The number of carbonyl (C=O) groups is 5. The summed E-state index contributed by atoms with van der Waals surface area (Å²) in [7, 11) is -9.95. The zero-order valence-electron chi connectivity index (χ0n) is 83.1. The van der Waals surface area contributed by atoms with Crippen LogP contribution in [0.25, 0.3) is 52.2 Å². The Labute approximate surface area is 859 Å². The zero-order chi connectivity index (χ0) is 105. The lowest BCUT2D eigenvalue weighted by atomic mass is 9.91. The standard InChI is InChI=1S/C25H26NO4PS.C21H21FNO4PS.C21H28NO4PS.C20H19FNO4PS.C20H26NO4PS/c1-5-6-7-14-30-31(29,22-13-10-18(3)15-19(22)4)26-21-16-23(32-24(21)25(27)28)20-11-8-17(2)9-12-20;1-12-6-8-18(14(3)9-12)28(26,27-4)23-17-11-19(29-20(17)21(24)25)15-7-5-13(2)10-16(15)22;1-14-5-9-16(10-6-14)19-13-18(20(28-19)21(23)24)22(3)27(25,26-4)17-11-7-15(2)8-12-17;1-12-8-9-17(13(2)10-12)27(25,26-3)22-16-11-18(28-19(16)20(23)24)14-6-4-5-7-15(14)21;1-13-4-8-15(9-5-13)18-12-17(19(27-18)20(22)23)21-26(24,25-3)16-10-6-14(2)7-11-16/h1,8-13,15-16H,6-7,14H2,2-4H3,(H,26,29)(H,27,28);5-11H,1-4H3,(H,23,26)(H,24,25);5-6,9-10,13,15,17H,7-8,11-12H2,1-4H3,(H,23,24);4-11H,1-3H3,(H,22,25)(H,23,24);4-5,8-9,12,14,16H,6-7,10-11H2,1-3H3,(H,21,24)(H,22,23). The molecule has 0 radical (unpaired) electrons. The molecule has 2 fully saturated rings. The number of nitrogens with one attached hydrogen (secondary N) is 4. The second kappa shape index (κ2) is 49.9. The van der Waals surface area contributed by atoms with Crippen molar-refractivity contribution in [1.29, 1.82) is 0 Å². The summed E-state index contributed by atoms with van der Waals surface area (Å²) in [5.74, 6) is -2.61. The summed E-state index contributed by atoms with van der Waals surface area (Å²) < 4.78 is 126. The van der Waals surface area contributed by atoms with Gasteiger partial charge >= 0.3 is 52.4 Å². The number of carboxylic acid groups (broad SMARTS) is 5. The van der Waals surface area contributed by atoms with Crippen LogP contribution in [0, 0.1) is 105 Å². The monoisotopic (exact) mass is 2150 g/mol. The fourth-order valence-corrected chi connectivity index (χ4v) is 31.9. The molecule has 2 saturated carbocycles. The fourth-order valence-electron chi connectivity index (χ4n) is 16.7. The maximum absolute atomic E-state index is 14.4. The highest BCUT2D eigenvalue weighted by Gasteiger charge is 2.43. The van der Waals surface area contributed by atoms with Crippen LogP contribution in [0.3, 0.4) is 0 Å². The van der Waals surface area contributed by atoms with Gasteiger partial charge < -0.3 is 73.2 Å². The summed E-state index contributed by atoms with van der Waals surface area (Å²) in [6, 6.07) is 59.2. The first-order valence-electron chi connectivity index (χ1n) is 46.2. The molecular weight excluding hydrogens is 2030 g/mol. The Morgan fingerprint density at radius 3 is 1.07 bits per heavy atom. The van der Waals surface area contributed by atoms with E-state index in [9.17, 15) is 81.1 Å². The highest BCUT2D eigenvalue weighted by molar-refractivity contribution is 7.69. The van der Waals surface area contributed by atoms with Crippen molar-refractivity contribution in [2.45, 2.75) is 159 Å². The van der Waals surface area contributed by atoms with Gasteiger partial charge in [-0.15, -0.1) is 69.0 Å². The number of anilines is 5. The number of hydrogen-bond acceptors (Lipinski definition) is 20. The Kier molecular flexibility index (Phi) is 39.3. The summed E-state index contributed by atoms with van der Waals surface area (Å²) in [6.07, 6.45) is 13.8. The molecule has 0 aliphatic heterocycles. The maximum atomic E-state index is 14.4. The second-order valence-corrected chi connectivity index (χ2v) is 52.7. The predicted octanol–water partition coefficient (Wildman–Crippen LogP) is 30.1. The second-order valence-electron chi connectivity index (χ2n) is 35.7. The van der Waals surface area contributed by atoms with E-state index in [4.69, 9.17) is 29.0 Å². The van der Waals surface area contributed by atoms with Crippen LogP contribution in [0.2, 0.25) is 0 Å². The number of unbranched alkanes of at least 4 members (excludes halogenated alkanes) is 1. The van der Waals surface area contributed by atoms with Crippen LogP contribution in [0.15, 0.2) is 200 Å². The van der Waals surface area contributed by atoms with Gasteiger partial charge in [0.2, 0.25) is 0 Å². The van der Waals surface area contributed by atoms with Gasteiger partial charge in [0.05, 0.1) is 62.3 Å². The lowest BCUT2D eigenvalue weighted by molar-refractivity contribution is 0.0692. The molecule has 15 rings (SSSR count). The average Bonchev–Trinajstić information content (AvgIpc) is 1.58. The smallest absolute Gasteiger partial charge is 0.348 e. The first kappa shape index (κ1) is 113. The predicted molar refractivity (Wildman–Crippen MR) is 585 cm³/mol. The van der Waals surface area contributed by atoms with Crippen LogP contribution in [0.1, 0.15) is 182 Å². The van der Waals surface area contributed by atoms with E-state index in [1.807, 2.05) is 178 Å².